The van der Waals surface area contributed by atoms with Crippen molar-refractivity contribution >= 4 is 28.7 Å². The number of carbonyl (C=O) groups is 3. The van der Waals surface area contributed by atoms with Gasteiger partial charge < -0.3 is 24.4 Å². The van der Waals surface area contributed by atoms with Crippen molar-refractivity contribution < 1.29 is 28.6 Å². The van der Waals surface area contributed by atoms with Gasteiger partial charge in [-0.2, -0.15) is 0 Å². The Morgan fingerprint density at radius 2 is 1.84 bits per heavy atom. The molecule has 8 atom stereocenters. The molecule has 4 aliphatic rings. The van der Waals surface area contributed by atoms with Crippen molar-refractivity contribution in [2.24, 2.45) is 29.1 Å². The van der Waals surface area contributed by atoms with Crippen LogP contribution < -0.4 is 14.8 Å². The van der Waals surface area contributed by atoms with E-state index in [-0.39, 0.29) is 30.3 Å². The molecule has 0 spiro atoms. The molecule has 1 saturated heterocycles. The van der Waals surface area contributed by atoms with Crippen LogP contribution in [0.3, 0.4) is 0 Å². The molecule has 3 fully saturated rings. The van der Waals surface area contributed by atoms with Gasteiger partial charge in [0.2, 0.25) is 11.8 Å². The number of Topliss-reactive ketones (excluding diaryl/α,β-unsaturated/α-hetero) is 1. The summed E-state index contributed by atoms with van der Waals surface area (Å²) >= 11 is 0. The first kappa shape index (κ1) is 30.7. The van der Waals surface area contributed by atoms with Crippen molar-refractivity contribution in [2.75, 3.05) is 13.7 Å². The van der Waals surface area contributed by atoms with E-state index >= 15 is 0 Å². The Balaban J connectivity index is 1.36. The lowest BCUT2D eigenvalue weighted by atomic mass is 9.85. The van der Waals surface area contributed by atoms with Gasteiger partial charge in [0.15, 0.2) is 5.78 Å². The van der Waals surface area contributed by atoms with E-state index in [0.717, 1.165) is 60.7 Å². The van der Waals surface area contributed by atoms with Gasteiger partial charge in [-0.15, -0.1) is 0 Å². The van der Waals surface area contributed by atoms with Crippen LogP contribution in [0.15, 0.2) is 24.3 Å². The second-order valence-corrected chi connectivity index (χ2v) is 14.6. The molecule has 2 aliphatic heterocycles. The minimum Gasteiger partial charge on any atom is -0.497 e. The van der Waals surface area contributed by atoms with Crippen LogP contribution in [0, 0.1) is 29.1 Å². The zero-order valence-corrected chi connectivity index (χ0v) is 26.9. The number of carbonyl (C=O) groups excluding carboxylic acids is 3. The number of amides is 2. The lowest BCUT2D eigenvalue weighted by molar-refractivity contribution is -0.141. The zero-order chi connectivity index (χ0) is 31.3. The third-order valence-electron chi connectivity index (χ3n) is 10.5. The molecule has 238 valence electrons. The fourth-order valence-corrected chi connectivity index (χ4v) is 7.97. The Labute approximate surface area is 260 Å². The number of alkyl carbamates (subject to hydrolysis) is 1. The summed E-state index contributed by atoms with van der Waals surface area (Å²) in [6.07, 6.45) is 6.00. The summed E-state index contributed by atoms with van der Waals surface area (Å²) in [5.74, 6) is 2.24. The number of ketones is 1. The molecule has 2 unspecified atom stereocenters. The molecule has 9 nitrogen and oxygen atoms in total. The monoisotopic (exact) mass is 605 g/mol. The number of nitrogens with one attached hydrogen (secondary N) is 1. The van der Waals surface area contributed by atoms with Crippen LogP contribution in [0.25, 0.3) is 10.9 Å². The molecule has 0 radical (unpaired) electrons. The van der Waals surface area contributed by atoms with E-state index in [9.17, 15) is 14.4 Å². The first-order valence-electron chi connectivity index (χ1n) is 16.4. The van der Waals surface area contributed by atoms with Gasteiger partial charge in [-0.05, 0) is 80.4 Å². The third-order valence-corrected chi connectivity index (χ3v) is 10.5. The molecule has 1 aromatic heterocycles. The molecule has 9 heteroatoms. The maximum atomic E-state index is 14.2. The van der Waals surface area contributed by atoms with E-state index in [1.54, 1.807) is 12.0 Å². The molecule has 44 heavy (non-hydrogen) atoms. The Morgan fingerprint density at radius 3 is 2.57 bits per heavy atom. The molecule has 1 N–H and O–H groups in total. The summed E-state index contributed by atoms with van der Waals surface area (Å²) < 4.78 is 18.2. The van der Waals surface area contributed by atoms with Gasteiger partial charge in [-0.1, -0.05) is 40.5 Å². The van der Waals surface area contributed by atoms with E-state index in [0.29, 0.717) is 23.6 Å². The summed E-state index contributed by atoms with van der Waals surface area (Å²) in [6, 6.07) is 6.48. The Morgan fingerprint density at radius 1 is 1.05 bits per heavy atom. The SMILES string of the molecule is COc1ccc2cc3c(nc2c1)O[C@H]1CN(C(=O)[C@H](C(C)(C)C)NC(=O)O[C@@H]2CC4CC4[C@H]2CCCCC3)[C@H](C(C)=O)[C@@H]1C. The average molecular weight is 606 g/mol. The highest BCUT2D eigenvalue weighted by Gasteiger charge is 2.55. The van der Waals surface area contributed by atoms with E-state index in [2.05, 4.69) is 11.4 Å². The lowest BCUT2D eigenvalue weighted by Crippen LogP contribution is -2.57. The highest BCUT2D eigenvalue weighted by molar-refractivity contribution is 5.92. The minimum atomic E-state index is -0.863. The number of ether oxygens (including phenoxy) is 3. The molecule has 2 aliphatic carbocycles. The summed E-state index contributed by atoms with van der Waals surface area (Å²) in [5, 5.41) is 3.94. The number of fused-ring (bicyclic) bond motifs is 7. The quantitative estimate of drug-likeness (QED) is 0.467. The van der Waals surface area contributed by atoms with Gasteiger partial charge in [-0.25, -0.2) is 9.78 Å². The zero-order valence-electron chi connectivity index (χ0n) is 26.9. The Hall–Kier alpha value is -3.36. The predicted molar refractivity (Wildman–Crippen MR) is 167 cm³/mol. The van der Waals surface area contributed by atoms with Gasteiger partial charge in [0.25, 0.3) is 0 Å². The summed E-state index contributed by atoms with van der Waals surface area (Å²) in [7, 11) is 1.64. The Kier molecular flexibility index (Phi) is 8.26. The molecule has 2 amide bonds. The van der Waals surface area contributed by atoms with Crippen LogP contribution in [0.1, 0.15) is 78.7 Å². The Bertz CT molecular complexity index is 1440. The van der Waals surface area contributed by atoms with Crippen LogP contribution in [0.2, 0.25) is 0 Å². The predicted octanol–water partition coefficient (Wildman–Crippen LogP) is 5.71. The van der Waals surface area contributed by atoms with Crippen molar-refractivity contribution in [3.05, 3.63) is 29.8 Å². The van der Waals surface area contributed by atoms with Crippen LogP contribution >= 0.6 is 0 Å². The number of aryl methyl sites for hydroxylation is 1. The van der Waals surface area contributed by atoms with Gasteiger partial charge >= 0.3 is 6.09 Å². The fourth-order valence-electron chi connectivity index (χ4n) is 7.97. The summed E-state index contributed by atoms with van der Waals surface area (Å²) in [5.41, 5.74) is 1.20. The lowest BCUT2D eigenvalue weighted by Gasteiger charge is -2.35. The first-order chi connectivity index (χ1) is 20.9. The minimum absolute atomic E-state index is 0.109. The normalized spacial score (nSPS) is 32.7. The number of pyridine rings is 1. The maximum absolute atomic E-state index is 14.2. The van der Waals surface area contributed by atoms with E-state index in [1.807, 2.05) is 45.9 Å². The van der Waals surface area contributed by atoms with E-state index in [1.165, 1.54) is 13.3 Å². The third kappa shape index (κ3) is 5.98. The average Bonchev–Trinajstić information content (AvgIpc) is 3.53. The largest absolute Gasteiger partial charge is 0.497 e. The van der Waals surface area contributed by atoms with Crippen molar-refractivity contribution in [3.63, 3.8) is 0 Å². The van der Waals surface area contributed by atoms with Crippen LogP contribution in [0.4, 0.5) is 4.79 Å². The highest BCUT2D eigenvalue weighted by Crippen LogP contribution is 2.57. The van der Waals surface area contributed by atoms with Crippen molar-refractivity contribution in [1.82, 2.24) is 15.2 Å². The molecule has 2 bridgehead atoms. The number of hydrogen-bond donors (Lipinski definition) is 1. The number of rotatable bonds is 2. The van der Waals surface area contributed by atoms with Crippen molar-refractivity contribution in [1.29, 1.82) is 0 Å². The number of methoxy groups -OCH3 is 1. The maximum Gasteiger partial charge on any atom is 0.408 e. The van der Waals surface area contributed by atoms with Crippen LogP contribution in [-0.4, -0.2) is 65.6 Å². The van der Waals surface area contributed by atoms with Crippen molar-refractivity contribution in [3.8, 4) is 11.6 Å². The molecule has 1 aromatic carbocycles. The van der Waals surface area contributed by atoms with E-state index in [4.69, 9.17) is 19.2 Å². The standard InChI is InChI=1S/C35H47N3O6/c1-19-29-18-38(30(19)20(2)39)33(40)31(35(3,4)5)37-34(41)44-28-16-23-15-26(23)25(28)11-9-7-8-10-22-14-21-12-13-24(42-6)17-27(21)36-32(22)43-29/h12-14,17,19,23,25-26,28-31H,7-11,15-16,18H2,1-6H3,(H,37,41)/t19-,23?,25-,26?,28-,29+,30+,31-/m1/s1. The second-order valence-electron chi connectivity index (χ2n) is 14.6. The van der Waals surface area contributed by atoms with Gasteiger partial charge in [-0.3, -0.25) is 9.59 Å². The van der Waals surface area contributed by atoms with Gasteiger partial charge in [0, 0.05) is 22.9 Å². The molecule has 6 rings (SSSR count). The molecule has 2 saturated carbocycles. The topological polar surface area (TPSA) is 107 Å². The molecule has 3 heterocycles. The number of nitrogens with zero attached hydrogens (tertiary/aromatic N) is 2. The number of aromatic nitrogens is 1. The number of hydrogen-bond acceptors (Lipinski definition) is 7. The molecular weight excluding hydrogens is 558 g/mol. The van der Waals surface area contributed by atoms with Gasteiger partial charge in [0.1, 0.15) is 24.0 Å². The van der Waals surface area contributed by atoms with Crippen LogP contribution in [-0.2, 0) is 20.7 Å². The molecule has 2 aromatic rings. The summed E-state index contributed by atoms with van der Waals surface area (Å²) in [4.78, 5) is 47.1. The highest BCUT2D eigenvalue weighted by atomic mass is 16.6. The fraction of sp³-hybridized carbons (Fsp3) is 0.657. The van der Waals surface area contributed by atoms with Gasteiger partial charge in [0.05, 0.1) is 25.2 Å². The summed E-state index contributed by atoms with van der Waals surface area (Å²) in [6.45, 7) is 9.46. The smallest absolute Gasteiger partial charge is 0.408 e. The van der Waals surface area contributed by atoms with E-state index < -0.39 is 29.7 Å². The first-order valence-corrected chi connectivity index (χ1v) is 16.4. The molecular formula is C35H47N3O6. The van der Waals surface area contributed by atoms with Crippen molar-refractivity contribution in [2.45, 2.75) is 104 Å². The van der Waals surface area contributed by atoms with Crippen LogP contribution in [0.5, 0.6) is 11.6 Å². The second kappa shape index (κ2) is 11.9. The number of benzene rings is 1.